The van der Waals surface area contributed by atoms with E-state index in [0.717, 1.165) is 0 Å². The van der Waals surface area contributed by atoms with Gasteiger partial charge in [0.1, 0.15) is 0 Å². The molecule has 0 aromatic rings. The molecule has 8 heavy (non-hydrogen) atoms. The molecule has 1 amide bonds. The fourth-order valence-corrected chi connectivity index (χ4v) is 0.201. The molecular weight excluding hydrogens is 172 g/mol. The molecule has 0 aliphatic rings. The largest absolute Gasteiger partial charge is 0.368 e. The maximum absolute atomic E-state index is 10.0. The highest BCUT2D eigenvalue weighted by Gasteiger charge is 2.02. The summed E-state index contributed by atoms with van der Waals surface area (Å²) in [5.74, 6) is -0.428. The Bertz CT molecular complexity index is 76.4. The van der Waals surface area contributed by atoms with Crippen molar-refractivity contribution in [2.45, 2.75) is 19.4 Å². The molecule has 0 aromatic heterocycles. The van der Waals surface area contributed by atoms with Gasteiger partial charge in [-0.05, 0) is 6.42 Å². The molecule has 0 rings (SSSR count). The Hall–Kier alpha value is -0.0900. The lowest BCUT2D eigenvalue weighted by atomic mass is 10.2. The Kier molecular flexibility index (Phi) is 6.83. The van der Waals surface area contributed by atoms with Crippen LogP contribution in [0, 0.1) is 0 Å². The van der Waals surface area contributed by atoms with Crippen molar-refractivity contribution in [3.05, 3.63) is 0 Å². The molecule has 0 fully saturated rings. The summed E-state index contributed by atoms with van der Waals surface area (Å²) in [6.07, 6.45) is 0.620. The van der Waals surface area contributed by atoms with Crippen molar-refractivity contribution in [2.24, 2.45) is 11.5 Å². The normalized spacial score (nSPS) is 11.8. The number of primary amides is 1. The molecule has 0 aliphatic heterocycles. The van der Waals surface area contributed by atoms with Gasteiger partial charge >= 0.3 is 0 Å². The minimum atomic E-state index is -0.458. The Labute approximate surface area is 59.2 Å². The van der Waals surface area contributed by atoms with Crippen LogP contribution in [0.1, 0.15) is 13.3 Å². The van der Waals surface area contributed by atoms with Gasteiger partial charge in [-0.25, -0.2) is 0 Å². The molecule has 0 spiro atoms. The molecule has 0 bridgehead atoms. The smallest absolute Gasteiger partial charge is 0.234 e. The van der Waals surface area contributed by atoms with Crippen LogP contribution < -0.4 is 11.5 Å². The first-order valence-electron chi connectivity index (χ1n) is 2.23. The van der Waals surface area contributed by atoms with Gasteiger partial charge in [-0.1, -0.05) is 6.92 Å². The number of amides is 1. The molecule has 1 unspecified atom stereocenters. The highest BCUT2D eigenvalue weighted by molar-refractivity contribution is 8.93. The zero-order valence-electron chi connectivity index (χ0n) is 4.76. The maximum Gasteiger partial charge on any atom is 0.234 e. The van der Waals surface area contributed by atoms with E-state index >= 15 is 0 Å². The molecule has 0 saturated heterocycles. The second kappa shape index (κ2) is 5.05. The average molecular weight is 183 g/mol. The lowest BCUT2D eigenvalue weighted by Crippen LogP contribution is -2.35. The van der Waals surface area contributed by atoms with E-state index < -0.39 is 11.9 Å². The summed E-state index contributed by atoms with van der Waals surface area (Å²) in [4.78, 5) is 10.0. The molecule has 0 aliphatic carbocycles. The van der Waals surface area contributed by atoms with Crippen molar-refractivity contribution >= 4 is 22.9 Å². The van der Waals surface area contributed by atoms with Gasteiger partial charge < -0.3 is 11.5 Å². The number of nitrogens with two attached hydrogens (primary N) is 2. The van der Waals surface area contributed by atoms with Crippen LogP contribution in [0.4, 0.5) is 0 Å². The van der Waals surface area contributed by atoms with E-state index in [4.69, 9.17) is 11.5 Å². The number of carbonyl (C=O) groups is 1. The molecule has 4 heteroatoms. The molecule has 3 nitrogen and oxygen atoms in total. The van der Waals surface area contributed by atoms with E-state index in [1.807, 2.05) is 6.92 Å². The van der Waals surface area contributed by atoms with Gasteiger partial charge in [0.25, 0.3) is 0 Å². The summed E-state index contributed by atoms with van der Waals surface area (Å²) in [6.45, 7) is 1.81. The van der Waals surface area contributed by atoms with Crippen molar-refractivity contribution in [2.75, 3.05) is 0 Å². The summed E-state index contributed by atoms with van der Waals surface area (Å²) in [5, 5.41) is 0. The van der Waals surface area contributed by atoms with Gasteiger partial charge in [-0.3, -0.25) is 4.79 Å². The van der Waals surface area contributed by atoms with E-state index in [1.54, 1.807) is 0 Å². The topological polar surface area (TPSA) is 69.1 Å². The van der Waals surface area contributed by atoms with Crippen LogP contribution in [0.25, 0.3) is 0 Å². The molecule has 0 heterocycles. The monoisotopic (exact) mass is 182 g/mol. The predicted octanol–water partition coefficient (Wildman–Crippen LogP) is -0.213. The summed E-state index contributed by atoms with van der Waals surface area (Å²) in [5.41, 5.74) is 9.92. The number of halogens is 1. The lowest BCUT2D eigenvalue weighted by Gasteiger charge is -1.98. The Balaban J connectivity index is 0. The van der Waals surface area contributed by atoms with Crippen molar-refractivity contribution in [1.29, 1.82) is 0 Å². The molecule has 0 radical (unpaired) electrons. The zero-order chi connectivity index (χ0) is 5.86. The SMILES string of the molecule is Br.CCC(N)C(N)=O. The first-order valence-corrected chi connectivity index (χ1v) is 2.23. The summed E-state index contributed by atoms with van der Waals surface area (Å²) >= 11 is 0. The molecule has 0 aromatic carbocycles. The van der Waals surface area contributed by atoms with E-state index in [9.17, 15) is 4.79 Å². The number of hydrogen-bond acceptors (Lipinski definition) is 2. The molecule has 1 atom stereocenters. The van der Waals surface area contributed by atoms with E-state index in [0.29, 0.717) is 6.42 Å². The van der Waals surface area contributed by atoms with Crippen LogP contribution in [0.5, 0.6) is 0 Å². The Morgan fingerprint density at radius 2 is 2.12 bits per heavy atom. The van der Waals surface area contributed by atoms with Crippen LogP contribution in [-0.4, -0.2) is 11.9 Å². The quantitative estimate of drug-likeness (QED) is 0.621. The first-order chi connectivity index (χ1) is 3.18. The van der Waals surface area contributed by atoms with Crippen LogP contribution in [0.2, 0.25) is 0 Å². The highest BCUT2D eigenvalue weighted by Crippen LogP contribution is 1.80. The maximum atomic E-state index is 10.0. The van der Waals surface area contributed by atoms with Gasteiger partial charge in [-0.15, -0.1) is 17.0 Å². The molecule has 0 saturated carbocycles. The lowest BCUT2D eigenvalue weighted by molar-refractivity contribution is -0.119. The van der Waals surface area contributed by atoms with Gasteiger partial charge in [0, 0.05) is 0 Å². The van der Waals surface area contributed by atoms with Crippen molar-refractivity contribution in [1.82, 2.24) is 0 Å². The molecular formula is C4H11BrN2O. The van der Waals surface area contributed by atoms with Gasteiger partial charge in [0.2, 0.25) is 5.91 Å². The zero-order valence-corrected chi connectivity index (χ0v) is 6.47. The summed E-state index contributed by atoms with van der Waals surface area (Å²) in [6, 6.07) is -0.458. The highest BCUT2D eigenvalue weighted by atomic mass is 79.9. The van der Waals surface area contributed by atoms with Crippen LogP contribution in [0.15, 0.2) is 0 Å². The fraction of sp³-hybridized carbons (Fsp3) is 0.750. The van der Waals surface area contributed by atoms with Gasteiger partial charge in [0.15, 0.2) is 0 Å². The fourth-order valence-electron chi connectivity index (χ4n) is 0.201. The molecule has 4 N–H and O–H groups in total. The van der Waals surface area contributed by atoms with Crippen LogP contribution in [0.3, 0.4) is 0 Å². The van der Waals surface area contributed by atoms with E-state index in [1.165, 1.54) is 0 Å². The van der Waals surface area contributed by atoms with Gasteiger partial charge in [-0.2, -0.15) is 0 Å². The number of rotatable bonds is 2. The Morgan fingerprint density at radius 1 is 1.75 bits per heavy atom. The third kappa shape index (κ3) is 4.08. The summed E-state index contributed by atoms with van der Waals surface area (Å²) < 4.78 is 0. The minimum absolute atomic E-state index is 0. The van der Waals surface area contributed by atoms with Crippen molar-refractivity contribution < 1.29 is 4.79 Å². The number of hydrogen-bond donors (Lipinski definition) is 2. The predicted molar refractivity (Wildman–Crippen MR) is 37.8 cm³/mol. The van der Waals surface area contributed by atoms with E-state index in [2.05, 4.69) is 0 Å². The average Bonchev–Trinajstić information content (AvgIpc) is 1.65. The third-order valence-electron chi connectivity index (χ3n) is 0.805. The van der Waals surface area contributed by atoms with Crippen molar-refractivity contribution in [3.63, 3.8) is 0 Å². The minimum Gasteiger partial charge on any atom is -0.368 e. The van der Waals surface area contributed by atoms with Crippen molar-refractivity contribution in [3.8, 4) is 0 Å². The summed E-state index contributed by atoms with van der Waals surface area (Å²) in [7, 11) is 0. The standard InChI is InChI=1S/C4H10N2O.BrH/c1-2-3(5)4(6)7;/h3H,2,5H2,1H3,(H2,6,7);1H. The first kappa shape index (κ1) is 10.8. The second-order valence-corrected chi connectivity index (χ2v) is 1.42. The third-order valence-corrected chi connectivity index (χ3v) is 0.805. The van der Waals surface area contributed by atoms with Gasteiger partial charge in [0.05, 0.1) is 6.04 Å². The second-order valence-electron chi connectivity index (χ2n) is 1.42. The Morgan fingerprint density at radius 3 is 2.12 bits per heavy atom. The van der Waals surface area contributed by atoms with Crippen LogP contribution >= 0.6 is 17.0 Å². The number of carbonyl (C=O) groups excluding carboxylic acids is 1. The van der Waals surface area contributed by atoms with E-state index in [-0.39, 0.29) is 17.0 Å². The van der Waals surface area contributed by atoms with Crippen LogP contribution in [-0.2, 0) is 4.79 Å². The molecule has 50 valence electrons.